The molecule has 0 spiro atoms. The molecule has 1 fully saturated rings. The second-order valence-corrected chi connectivity index (χ2v) is 9.87. The van der Waals surface area contributed by atoms with E-state index in [1.165, 1.54) is 9.01 Å². The minimum atomic E-state index is -3.45. The molecule has 0 bridgehead atoms. The van der Waals surface area contributed by atoms with Crippen LogP contribution in [0.15, 0.2) is 47.5 Å². The normalized spacial score (nSPS) is 17.7. The number of aromatic amines is 1. The molecule has 28 heavy (non-hydrogen) atoms. The highest BCUT2D eigenvalue weighted by Crippen LogP contribution is 2.38. The summed E-state index contributed by atoms with van der Waals surface area (Å²) in [6.07, 6.45) is 3.75. The molecule has 3 heterocycles. The number of anilines is 1. The van der Waals surface area contributed by atoms with Crippen molar-refractivity contribution < 1.29 is 13.4 Å². The first kappa shape index (κ1) is 19.3. The van der Waals surface area contributed by atoms with Crippen molar-refractivity contribution in [2.24, 2.45) is 0 Å². The van der Waals surface area contributed by atoms with Gasteiger partial charge in [0.2, 0.25) is 10.0 Å². The Kier molecular flexibility index (Phi) is 5.35. The van der Waals surface area contributed by atoms with E-state index < -0.39 is 10.0 Å². The molecule has 148 valence electrons. The maximum Gasteiger partial charge on any atom is 0.274 e. The van der Waals surface area contributed by atoms with Crippen LogP contribution in [0.1, 0.15) is 37.7 Å². The molecule has 0 radical (unpaired) electrons. The summed E-state index contributed by atoms with van der Waals surface area (Å²) in [7, 11) is -3.45. The van der Waals surface area contributed by atoms with Crippen LogP contribution in [0.4, 0.5) is 5.82 Å². The van der Waals surface area contributed by atoms with Crippen LogP contribution in [0.2, 0.25) is 0 Å². The Morgan fingerprint density at radius 1 is 1.21 bits per heavy atom. The fourth-order valence-corrected chi connectivity index (χ4v) is 6.34. The number of sulfonamides is 1. The highest BCUT2D eigenvalue weighted by molar-refractivity contribution is 7.89. The predicted molar refractivity (Wildman–Crippen MR) is 112 cm³/mol. The summed E-state index contributed by atoms with van der Waals surface area (Å²) in [5.74, 6) is 0.931. The molecular formula is C20H25N4O2S2+. The van der Waals surface area contributed by atoms with Gasteiger partial charge in [-0.2, -0.15) is 4.31 Å². The van der Waals surface area contributed by atoms with Crippen molar-refractivity contribution in [3.63, 3.8) is 0 Å². The van der Waals surface area contributed by atoms with Gasteiger partial charge >= 0.3 is 0 Å². The number of pyridine rings is 1. The van der Waals surface area contributed by atoms with Crippen LogP contribution in [-0.4, -0.2) is 37.3 Å². The summed E-state index contributed by atoms with van der Waals surface area (Å²) in [5, 5.41) is 1.12. The molecule has 2 aromatic heterocycles. The second-order valence-electron chi connectivity index (χ2n) is 6.87. The lowest BCUT2D eigenvalue weighted by Gasteiger charge is -2.19. The van der Waals surface area contributed by atoms with Gasteiger partial charge in [-0.25, -0.2) is 18.4 Å². The number of nitrogens with one attached hydrogen (secondary N) is 1. The molecule has 0 amide bonds. The fourth-order valence-electron chi connectivity index (χ4n) is 3.80. The zero-order chi connectivity index (χ0) is 19.7. The van der Waals surface area contributed by atoms with Gasteiger partial charge in [0.15, 0.2) is 0 Å². The van der Waals surface area contributed by atoms with Crippen LogP contribution in [0.3, 0.4) is 0 Å². The average Bonchev–Trinajstić information content (AvgIpc) is 3.35. The second kappa shape index (κ2) is 7.77. The molecule has 1 atom stereocenters. The number of para-hydroxylation sites is 1. The highest BCUT2D eigenvalue weighted by Gasteiger charge is 2.36. The van der Waals surface area contributed by atoms with Crippen molar-refractivity contribution in [3.05, 3.63) is 47.6 Å². The number of H-pyrrole nitrogens is 1. The lowest BCUT2D eigenvalue weighted by Crippen LogP contribution is -2.32. The first-order chi connectivity index (χ1) is 13.5. The fraction of sp³-hybridized carbons (Fsp3) is 0.400. The van der Waals surface area contributed by atoms with E-state index >= 15 is 0 Å². The Morgan fingerprint density at radius 3 is 2.68 bits per heavy atom. The number of aromatic nitrogens is 2. The van der Waals surface area contributed by atoms with Crippen LogP contribution < -0.4 is 9.88 Å². The third kappa shape index (κ3) is 3.40. The summed E-state index contributed by atoms with van der Waals surface area (Å²) in [4.78, 5) is 10.7. The molecule has 0 unspecified atom stereocenters. The van der Waals surface area contributed by atoms with Gasteiger partial charge in [-0.3, -0.25) is 4.90 Å². The summed E-state index contributed by atoms with van der Waals surface area (Å²) in [6, 6.07) is 12.0. The van der Waals surface area contributed by atoms with Crippen LogP contribution in [0.25, 0.3) is 10.2 Å². The highest BCUT2D eigenvalue weighted by atomic mass is 32.2. The van der Waals surface area contributed by atoms with E-state index in [9.17, 15) is 8.42 Å². The van der Waals surface area contributed by atoms with Gasteiger partial charge in [0.05, 0.1) is 16.8 Å². The summed E-state index contributed by atoms with van der Waals surface area (Å²) in [6.45, 7) is 5.57. The molecule has 1 aliphatic heterocycles. The van der Waals surface area contributed by atoms with Gasteiger partial charge in [0, 0.05) is 19.2 Å². The Labute approximate surface area is 169 Å². The van der Waals surface area contributed by atoms with Gasteiger partial charge in [-0.15, -0.1) is 11.3 Å². The Morgan fingerprint density at radius 2 is 2.00 bits per heavy atom. The number of hydrogen-bond donors (Lipinski definition) is 0. The van der Waals surface area contributed by atoms with Gasteiger partial charge < -0.3 is 0 Å². The van der Waals surface area contributed by atoms with E-state index in [0.29, 0.717) is 18.0 Å². The van der Waals surface area contributed by atoms with Crippen molar-refractivity contribution in [2.75, 3.05) is 24.5 Å². The smallest absolute Gasteiger partial charge is 0.252 e. The Balaban J connectivity index is 1.61. The molecule has 3 aromatic rings. The monoisotopic (exact) mass is 417 g/mol. The quantitative estimate of drug-likeness (QED) is 0.616. The molecule has 4 rings (SSSR count). The zero-order valence-corrected chi connectivity index (χ0v) is 17.8. The lowest BCUT2D eigenvalue weighted by atomic mass is 10.2. The van der Waals surface area contributed by atoms with Crippen LogP contribution in [0, 0.1) is 0 Å². The first-order valence-electron chi connectivity index (χ1n) is 9.68. The zero-order valence-electron chi connectivity index (χ0n) is 16.1. The maximum atomic E-state index is 12.7. The standard InChI is InChI=1S/C20H24N4O2S2/c1-3-23(4-2)28(25,26)15-11-12-19(21-14-15)24-13-7-9-17(24)20-22-16-8-5-6-10-18(16)27-20/h5-6,8,10-12,14,17H,3-4,7,9,13H2,1-2H3/p+1/t17-/m1/s1. The minimum absolute atomic E-state index is 0.221. The third-order valence-electron chi connectivity index (χ3n) is 5.27. The van der Waals surface area contributed by atoms with Crippen molar-refractivity contribution >= 4 is 37.4 Å². The number of nitrogens with zero attached hydrogens (tertiary/aromatic N) is 3. The largest absolute Gasteiger partial charge is 0.274 e. The maximum absolute atomic E-state index is 12.7. The molecule has 1 N–H and O–H groups in total. The summed E-state index contributed by atoms with van der Waals surface area (Å²) >= 11 is 1.74. The van der Waals surface area contributed by atoms with Gasteiger partial charge in [0.25, 0.3) is 5.82 Å². The van der Waals surface area contributed by atoms with Crippen molar-refractivity contribution in [2.45, 2.75) is 37.6 Å². The van der Waals surface area contributed by atoms with E-state index in [1.807, 2.05) is 38.1 Å². The lowest BCUT2D eigenvalue weighted by molar-refractivity contribution is -0.367. The molecule has 6 nitrogen and oxygen atoms in total. The van der Waals surface area contributed by atoms with Gasteiger partial charge in [-0.05, 0) is 31.0 Å². The van der Waals surface area contributed by atoms with Gasteiger partial charge in [0.1, 0.15) is 22.1 Å². The van der Waals surface area contributed by atoms with Crippen LogP contribution >= 0.6 is 11.3 Å². The molecule has 0 aliphatic carbocycles. The molecule has 1 aromatic carbocycles. The van der Waals surface area contributed by atoms with Gasteiger partial charge in [-0.1, -0.05) is 26.0 Å². The van der Waals surface area contributed by atoms with E-state index in [2.05, 4.69) is 16.0 Å². The number of hydrogen-bond acceptors (Lipinski definition) is 5. The number of rotatable bonds is 6. The number of thiazole rings is 1. The van der Waals surface area contributed by atoms with Crippen molar-refractivity contribution in [1.29, 1.82) is 0 Å². The van der Waals surface area contributed by atoms with Crippen LogP contribution in [-0.2, 0) is 10.0 Å². The molecular weight excluding hydrogens is 392 g/mol. The van der Waals surface area contributed by atoms with E-state index in [1.54, 1.807) is 23.6 Å². The number of benzene rings is 1. The SMILES string of the molecule is CCN(CC)S(=O)(=O)c1ccc(N2CCC[C@@H]2c2nc3ccccc3s2)[nH+]c1. The Hall–Kier alpha value is -2.03. The van der Waals surface area contributed by atoms with Crippen LogP contribution in [0.5, 0.6) is 0 Å². The topological polar surface area (TPSA) is 67.7 Å². The molecule has 0 saturated carbocycles. The van der Waals surface area contributed by atoms with Crippen molar-refractivity contribution in [1.82, 2.24) is 9.29 Å². The molecule has 1 saturated heterocycles. The van der Waals surface area contributed by atoms with E-state index in [-0.39, 0.29) is 6.04 Å². The van der Waals surface area contributed by atoms with Crippen molar-refractivity contribution in [3.8, 4) is 0 Å². The third-order valence-corrected chi connectivity index (χ3v) is 8.45. The number of fused-ring (bicyclic) bond motifs is 1. The Bertz CT molecular complexity index is 1030. The first-order valence-corrected chi connectivity index (χ1v) is 11.9. The van der Waals surface area contributed by atoms with E-state index in [4.69, 9.17) is 4.98 Å². The van der Waals surface area contributed by atoms with E-state index in [0.717, 1.165) is 35.7 Å². The molecule has 1 aliphatic rings. The molecule has 8 heteroatoms. The minimum Gasteiger partial charge on any atom is -0.252 e. The summed E-state index contributed by atoms with van der Waals surface area (Å²) in [5.41, 5.74) is 1.04. The predicted octanol–water partition coefficient (Wildman–Crippen LogP) is 3.48. The average molecular weight is 418 g/mol. The summed E-state index contributed by atoms with van der Waals surface area (Å²) < 4.78 is 28.1.